The summed E-state index contributed by atoms with van der Waals surface area (Å²) in [7, 11) is -3.55. The van der Waals surface area contributed by atoms with Crippen LogP contribution < -0.4 is 9.46 Å². The van der Waals surface area contributed by atoms with Crippen molar-refractivity contribution in [1.29, 1.82) is 0 Å². The zero-order valence-corrected chi connectivity index (χ0v) is 20.0. The maximum absolute atomic E-state index is 12.3. The van der Waals surface area contributed by atoms with E-state index in [0.717, 1.165) is 6.26 Å². The van der Waals surface area contributed by atoms with Crippen LogP contribution in [-0.2, 0) is 19.6 Å². The van der Waals surface area contributed by atoms with Gasteiger partial charge in [-0.2, -0.15) is 0 Å². The summed E-state index contributed by atoms with van der Waals surface area (Å²) >= 11 is 5.82. The van der Waals surface area contributed by atoms with Gasteiger partial charge in [0.05, 0.1) is 12.4 Å². The van der Waals surface area contributed by atoms with E-state index in [1.807, 2.05) is 16.9 Å². The van der Waals surface area contributed by atoms with Crippen molar-refractivity contribution < 1.29 is 33.0 Å². The van der Waals surface area contributed by atoms with Gasteiger partial charge < -0.3 is 14.9 Å². The molecule has 1 aliphatic rings. The first kappa shape index (κ1) is 27.0. The Morgan fingerprint density at radius 2 is 2.00 bits per heavy atom. The summed E-state index contributed by atoms with van der Waals surface area (Å²) in [5.41, 5.74) is 0. The van der Waals surface area contributed by atoms with Crippen molar-refractivity contribution in [2.45, 2.75) is 44.3 Å². The Kier molecular flexibility index (Phi) is 10.6. The topological polar surface area (TPSA) is 130 Å². The number of unbranched alkanes of at least 4 members (excludes halogenated alkanes) is 1. The molecule has 0 aromatic heterocycles. The van der Waals surface area contributed by atoms with Crippen LogP contribution in [0.15, 0.2) is 48.6 Å². The molecule has 2 rings (SSSR count). The second-order valence-corrected chi connectivity index (χ2v) is 10.2. The second kappa shape index (κ2) is 12.9. The van der Waals surface area contributed by atoms with Crippen LogP contribution >= 0.6 is 11.6 Å². The van der Waals surface area contributed by atoms with Crippen molar-refractivity contribution in [2.24, 2.45) is 11.8 Å². The van der Waals surface area contributed by atoms with Crippen LogP contribution in [-0.4, -0.2) is 55.4 Å². The number of aliphatic hydroxyl groups is 2. The summed E-state index contributed by atoms with van der Waals surface area (Å²) in [5, 5.41) is 21.0. The quantitative estimate of drug-likeness (QED) is 0.297. The number of hydrogen-bond donors (Lipinski definition) is 3. The number of nitrogens with one attached hydrogen (secondary N) is 1. The minimum absolute atomic E-state index is 0.0202. The van der Waals surface area contributed by atoms with Gasteiger partial charge in [-0.15, -0.1) is 0 Å². The number of aliphatic hydroxyl groups excluding tert-OH is 2. The number of carbonyl (C=O) groups is 2. The van der Waals surface area contributed by atoms with Gasteiger partial charge in [0, 0.05) is 29.7 Å². The summed E-state index contributed by atoms with van der Waals surface area (Å²) < 4.78 is 29.4. The normalized spacial score (nSPS) is 22.2. The van der Waals surface area contributed by atoms with Gasteiger partial charge in [-0.1, -0.05) is 35.9 Å². The van der Waals surface area contributed by atoms with E-state index in [1.165, 1.54) is 6.08 Å². The lowest BCUT2D eigenvalue weighted by molar-refractivity contribution is -0.121. The van der Waals surface area contributed by atoms with E-state index in [1.54, 1.807) is 30.3 Å². The van der Waals surface area contributed by atoms with Crippen molar-refractivity contribution in [3.8, 4) is 5.75 Å². The molecule has 4 atom stereocenters. The summed E-state index contributed by atoms with van der Waals surface area (Å²) in [6, 6.07) is 6.75. The largest absolute Gasteiger partial charge is 0.491 e. The molecule has 0 bridgehead atoms. The molecule has 0 aliphatic heterocycles. The van der Waals surface area contributed by atoms with Crippen molar-refractivity contribution >= 4 is 33.3 Å². The molecule has 1 unspecified atom stereocenters. The molecule has 3 N–H and O–H groups in total. The van der Waals surface area contributed by atoms with Gasteiger partial charge in [-0.25, -0.2) is 8.42 Å². The fraction of sp³-hybridized carbons (Fsp3) is 0.478. The molecule has 1 amide bonds. The van der Waals surface area contributed by atoms with E-state index in [-0.39, 0.29) is 25.2 Å². The third-order valence-corrected chi connectivity index (χ3v) is 6.00. The SMILES string of the molecule is CS(=O)(=O)NC(=O)CCC/C=C\C[C@H]1C(=O)C[C@@H](O)C1/C=C/[C@@H](O)COc1ccc(Cl)cc1. The van der Waals surface area contributed by atoms with Gasteiger partial charge in [-0.3, -0.25) is 14.3 Å². The molecule has 33 heavy (non-hydrogen) atoms. The predicted molar refractivity (Wildman–Crippen MR) is 125 cm³/mol. The third-order valence-electron chi connectivity index (χ3n) is 5.15. The summed E-state index contributed by atoms with van der Waals surface area (Å²) in [6.07, 6.45) is 7.68. The Morgan fingerprint density at radius 1 is 1.30 bits per heavy atom. The number of sulfonamides is 1. The number of amides is 1. The lowest BCUT2D eigenvalue weighted by Crippen LogP contribution is -2.28. The Morgan fingerprint density at radius 3 is 2.67 bits per heavy atom. The zero-order valence-electron chi connectivity index (χ0n) is 18.4. The molecule has 0 heterocycles. The number of allylic oxidation sites excluding steroid dienone is 2. The average molecular weight is 500 g/mol. The van der Waals surface area contributed by atoms with E-state index in [0.29, 0.717) is 30.0 Å². The van der Waals surface area contributed by atoms with Gasteiger partial charge in [0.25, 0.3) is 0 Å². The molecule has 0 radical (unpaired) electrons. The number of rotatable bonds is 12. The number of hydrogen-bond acceptors (Lipinski definition) is 7. The maximum Gasteiger partial charge on any atom is 0.233 e. The smallest absolute Gasteiger partial charge is 0.233 e. The molecule has 1 aromatic rings. The minimum atomic E-state index is -3.55. The number of benzene rings is 1. The molecule has 182 valence electrons. The van der Waals surface area contributed by atoms with E-state index >= 15 is 0 Å². The number of halogens is 1. The molecule has 1 fully saturated rings. The molecule has 8 nitrogen and oxygen atoms in total. The maximum atomic E-state index is 12.3. The molecule has 1 aromatic carbocycles. The first-order valence-corrected chi connectivity index (χ1v) is 12.9. The van der Waals surface area contributed by atoms with Crippen LogP contribution in [0.4, 0.5) is 0 Å². The van der Waals surface area contributed by atoms with Crippen molar-refractivity contribution in [3.63, 3.8) is 0 Å². The highest BCUT2D eigenvalue weighted by atomic mass is 35.5. The highest BCUT2D eigenvalue weighted by molar-refractivity contribution is 7.89. The third kappa shape index (κ3) is 10.1. The highest BCUT2D eigenvalue weighted by Crippen LogP contribution is 2.33. The van der Waals surface area contributed by atoms with Gasteiger partial charge in [0.2, 0.25) is 15.9 Å². The van der Waals surface area contributed by atoms with E-state index in [2.05, 4.69) is 0 Å². The Balaban J connectivity index is 1.79. The predicted octanol–water partition coefficient (Wildman–Crippen LogP) is 2.39. The van der Waals surface area contributed by atoms with E-state index < -0.39 is 40.0 Å². The van der Waals surface area contributed by atoms with Crippen molar-refractivity contribution in [1.82, 2.24) is 4.72 Å². The summed E-state index contributed by atoms with van der Waals surface area (Å²) in [5.74, 6) is -0.831. The molecular formula is C23H30ClNO7S. The number of carbonyl (C=O) groups excluding carboxylic acids is 2. The Bertz CT molecular complexity index is 960. The molecule has 1 saturated carbocycles. The van der Waals surface area contributed by atoms with Gasteiger partial charge in [0.15, 0.2) is 0 Å². The van der Waals surface area contributed by atoms with Crippen LogP contribution in [0.2, 0.25) is 5.02 Å². The van der Waals surface area contributed by atoms with E-state index in [9.17, 15) is 28.2 Å². The zero-order chi connectivity index (χ0) is 24.4. The summed E-state index contributed by atoms with van der Waals surface area (Å²) in [6.45, 7) is 0.0202. The minimum Gasteiger partial charge on any atom is -0.491 e. The Labute approximate surface area is 199 Å². The van der Waals surface area contributed by atoms with Gasteiger partial charge >= 0.3 is 0 Å². The molecule has 1 aliphatic carbocycles. The van der Waals surface area contributed by atoms with Crippen LogP contribution in [0, 0.1) is 11.8 Å². The highest BCUT2D eigenvalue weighted by Gasteiger charge is 2.39. The fourth-order valence-electron chi connectivity index (χ4n) is 3.55. The molecule has 0 saturated heterocycles. The lowest BCUT2D eigenvalue weighted by Gasteiger charge is -2.17. The van der Waals surface area contributed by atoms with Crippen LogP contribution in [0.25, 0.3) is 0 Å². The monoisotopic (exact) mass is 499 g/mol. The summed E-state index contributed by atoms with van der Waals surface area (Å²) in [4.78, 5) is 23.7. The lowest BCUT2D eigenvalue weighted by atomic mass is 9.90. The van der Waals surface area contributed by atoms with Crippen LogP contribution in [0.5, 0.6) is 5.75 Å². The molecule has 10 heteroatoms. The van der Waals surface area contributed by atoms with E-state index in [4.69, 9.17) is 16.3 Å². The molecular weight excluding hydrogens is 470 g/mol. The average Bonchev–Trinajstić information content (AvgIpc) is 2.99. The standard InChI is InChI=1S/C23H30ClNO7S/c1-33(30,31)25-23(29)7-5-3-2-4-6-19-20(22(28)14-21(19)27)13-10-17(26)15-32-18-11-8-16(24)9-12-18/h2,4,8-13,17,19-20,22,26,28H,3,5-7,14-15H2,1H3,(H,25,29)/b4-2-,13-10+/t17-,19-,20?,22-/m1/s1. The van der Waals surface area contributed by atoms with Gasteiger partial charge in [0.1, 0.15) is 24.2 Å². The molecule has 0 spiro atoms. The Hall–Kier alpha value is -2.20. The van der Waals surface area contributed by atoms with Gasteiger partial charge in [-0.05, 0) is 43.5 Å². The first-order chi connectivity index (χ1) is 15.5. The fourth-order valence-corrected chi connectivity index (χ4v) is 4.19. The number of Topliss-reactive ketones (excluding diaryl/α,β-unsaturated/α-hetero) is 1. The first-order valence-electron chi connectivity index (χ1n) is 10.7. The number of ketones is 1. The van der Waals surface area contributed by atoms with Crippen molar-refractivity contribution in [3.05, 3.63) is 53.6 Å². The second-order valence-electron chi connectivity index (χ2n) is 8.04. The number of ether oxygens (including phenoxy) is 1. The van der Waals surface area contributed by atoms with Crippen LogP contribution in [0.3, 0.4) is 0 Å². The van der Waals surface area contributed by atoms with Crippen molar-refractivity contribution in [2.75, 3.05) is 12.9 Å². The van der Waals surface area contributed by atoms with Crippen LogP contribution in [0.1, 0.15) is 32.1 Å².